The molecule has 0 aromatic heterocycles. The Morgan fingerprint density at radius 2 is 2.05 bits per heavy atom. The quantitative estimate of drug-likeness (QED) is 0.908. The van der Waals surface area contributed by atoms with Crippen molar-refractivity contribution in [1.29, 1.82) is 0 Å². The first-order valence-electron chi connectivity index (χ1n) is 8.25. The van der Waals surface area contributed by atoms with Crippen LogP contribution in [0, 0.1) is 5.92 Å². The highest BCUT2D eigenvalue weighted by Crippen LogP contribution is 2.28. The molecule has 1 N–H and O–H groups in total. The van der Waals surface area contributed by atoms with Crippen molar-refractivity contribution in [2.24, 2.45) is 5.92 Å². The minimum atomic E-state index is 0.776. The van der Waals surface area contributed by atoms with Crippen molar-refractivity contribution < 1.29 is 0 Å². The number of hydrogen-bond donors (Lipinski definition) is 1. The number of nitrogens with one attached hydrogen (secondary N) is 1. The second-order valence-corrected chi connectivity index (χ2v) is 6.77. The molecule has 0 saturated heterocycles. The van der Waals surface area contributed by atoms with E-state index in [4.69, 9.17) is 0 Å². The molecule has 1 aliphatic heterocycles. The molecule has 0 bridgehead atoms. The van der Waals surface area contributed by atoms with Crippen molar-refractivity contribution in [1.82, 2.24) is 10.2 Å². The summed E-state index contributed by atoms with van der Waals surface area (Å²) < 4.78 is 0. The zero-order chi connectivity index (χ0) is 13.9. The van der Waals surface area contributed by atoms with Crippen molar-refractivity contribution in [3.8, 4) is 0 Å². The van der Waals surface area contributed by atoms with Crippen LogP contribution in [0.2, 0.25) is 0 Å². The van der Waals surface area contributed by atoms with Crippen LogP contribution >= 0.6 is 0 Å². The molecule has 20 heavy (non-hydrogen) atoms. The lowest BCUT2D eigenvalue weighted by atomic mass is 9.85. The van der Waals surface area contributed by atoms with Crippen molar-refractivity contribution in [2.75, 3.05) is 13.6 Å². The van der Waals surface area contributed by atoms with Crippen molar-refractivity contribution >= 4 is 0 Å². The van der Waals surface area contributed by atoms with Crippen molar-refractivity contribution in [3.05, 3.63) is 34.9 Å². The molecule has 110 valence electrons. The first kappa shape index (κ1) is 14.1. The smallest absolute Gasteiger partial charge is 0.0233 e. The summed E-state index contributed by atoms with van der Waals surface area (Å²) in [6.07, 6.45) is 6.81. The van der Waals surface area contributed by atoms with Gasteiger partial charge in [-0.05, 0) is 55.5 Å². The fraction of sp³-hybridized carbons (Fsp3) is 0.667. The van der Waals surface area contributed by atoms with Gasteiger partial charge in [-0.3, -0.25) is 4.90 Å². The topological polar surface area (TPSA) is 15.3 Å². The van der Waals surface area contributed by atoms with Crippen molar-refractivity contribution in [3.63, 3.8) is 0 Å². The molecule has 2 aliphatic rings. The van der Waals surface area contributed by atoms with Gasteiger partial charge in [0, 0.05) is 19.1 Å². The molecular formula is C18H28N2. The number of fused-ring (bicyclic) bond motifs is 1. The monoisotopic (exact) mass is 272 g/mol. The fourth-order valence-corrected chi connectivity index (χ4v) is 3.99. The van der Waals surface area contributed by atoms with E-state index >= 15 is 0 Å². The van der Waals surface area contributed by atoms with Crippen LogP contribution in [-0.4, -0.2) is 24.5 Å². The molecule has 2 atom stereocenters. The number of hydrogen-bond acceptors (Lipinski definition) is 2. The lowest BCUT2D eigenvalue weighted by Gasteiger charge is -2.36. The van der Waals surface area contributed by atoms with E-state index in [0.717, 1.165) is 31.6 Å². The van der Waals surface area contributed by atoms with E-state index in [9.17, 15) is 0 Å². The second-order valence-electron chi connectivity index (χ2n) is 6.77. The summed E-state index contributed by atoms with van der Waals surface area (Å²) >= 11 is 0. The van der Waals surface area contributed by atoms with Crippen LogP contribution in [0.15, 0.2) is 18.2 Å². The van der Waals surface area contributed by atoms with Gasteiger partial charge in [0.25, 0.3) is 0 Å². The van der Waals surface area contributed by atoms with E-state index in [1.807, 2.05) is 0 Å². The summed E-state index contributed by atoms with van der Waals surface area (Å²) in [5.74, 6) is 0.855. The third-order valence-corrected chi connectivity index (χ3v) is 5.22. The molecule has 1 aromatic carbocycles. The highest BCUT2D eigenvalue weighted by Gasteiger charge is 2.24. The van der Waals surface area contributed by atoms with Gasteiger partial charge < -0.3 is 5.32 Å². The average Bonchev–Trinajstić information content (AvgIpc) is 2.47. The molecule has 1 aromatic rings. The summed E-state index contributed by atoms with van der Waals surface area (Å²) in [7, 11) is 2.31. The maximum atomic E-state index is 3.48. The van der Waals surface area contributed by atoms with E-state index < -0.39 is 0 Å². The Hall–Kier alpha value is -0.860. The van der Waals surface area contributed by atoms with Gasteiger partial charge in [-0.25, -0.2) is 0 Å². The van der Waals surface area contributed by atoms with Crippen LogP contribution in [0.1, 0.15) is 49.3 Å². The predicted molar refractivity (Wildman–Crippen MR) is 84.7 cm³/mol. The van der Waals surface area contributed by atoms with Gasteiger partial charge in [0.1, 0.15) is 0 Å². The van der Waals surface area contributed by atoms with Gasteiger partial charge in [0.05, 0.1) is 0 Å². The summed E-state index contributed by atoms with van der Waals surface area (Å²) in [6.45, 7) is 5.71. The van der Waals surface area contributed by atoms with Crippen LogP contribution in [-0.2, 0) is 19.5 Å². The Bertz CT molecular complexity index is 455. The van der Waals surface area contributed by atoms with Crippen LogP contribution < -0.4 is 5.32 Å². The van der Waals surface area contributed by atoms with E-state index in [1.165, 1.54) is 43.2 Å². The number of nitrogens with zero attached hydrogens (tertiary/aromatic N) is 1. The van der Waals surface area contributed by atoms with Gasteiger partial charge in [-0.1, -0.05) is 38.0 Å². The Labute approximate surface area is 123 Å². The number of rotatable bonds is 3. The van der Waals surface area contributed by atoms with Gasteiger partial charge in [0.15, 0.2) is 0 Å². The first-order valence-corrected chi connectivity index (χ1v) is 8.25. The minimum absolute atomic E-state index is 0.776. The Morgan fingerprint density at radius 3 is 2.90 bits per heavy atom. The molecule has 2 nitrogen and oxygen atoms in total. The molecule has 1 heterocycles. The van der Waals surface area contributed by atoms with Crippen LogP contribution in [0.5, 0.6) is 0 Å². The van der Waals surface area contributed by atoms with Gasteiger partial charge >= 0.3 is 0 Å². The zero-order valence-electron chi connectivity index (χ0n) is 13.0. The molecule has 3 rings (SSSR count). The molecular weight excluding hydrogens is 244 g/mol. The molecule has 0 spiro atoms. The molecule has 2 unspecified atom stereocenters. The first-order chi connectivity index (χ1) is 9.74. The molecule has 1 fully saturated rings. The normalized spacial score (nSPS) is 26.6. The second kappa shape index (κ2) is 6.28. The maximum absolute atomic E-state index is 3.48. The lowest BCUT2D eigenvalue weighted by Crippen LogP contribution is -2.38. The predicted octanol–water partition coefficient (Wildman–Crippen LogP) is 3.34. The average molecular weight is 272 g/mol. The maximum Gasteiger partial charge on any atom is 0.0233 e. The molecule has 0 radical (unpaired) electrons. The van der Waals surface area contributed by atoms with Gasteiger partial charge in [0.2, 0.25) is 0 Å². The lowest BCUT2D eigenvalue weighted by molar-refractivity contribution is 0.133. The van der Waals surface area contributed by atoms with Crippen molar-refractivity contribution in [2.45, 2.75) is 58.2 Å². The highest BCUT2D eigenvalue weighted by molar-refractivity contribution is 5.33. The summed E-state index contributed by atoms with van der Waals surface area (Å²) in [5.41, 5.74) is 4.53. The van der Waals surface area contributed by atoms with Gasteiger partial charge in [-0.15, -0.1) is 0 Å². The van der Waals surface area contributed by atoms with E-state index in [2.05, 4.69) is 42.4 Å². The third-order valence-electron chi connectivity index (χ3n) is 5.22. The number of benzene rings is 1. The standard InChI is InChI=1S/C18H28N2/c1-14-5-3-4-6-18(14)20(2)13-15-7-8-16-9-10-19-12-17(16)11-15/h7-8,11,14,18-19H,3-6,9-10,12-13H2,1-2H3. The minimum Gasteiger partial charge on any atom is -0.312 e. The largest absolute Gasteiger partial charge is 0.312 e. The highest BCUT2D eigenvalue weighted by atomic mass is 15.1. The molecule has 0 amide bonds. The Balaban J connectivity index is 1.67. The Morgan fingerprint density at radius 1 is 1.20 bits per heavy atom. The third kappa shape index (κ3) is 3.07. The molecule has 1 saturated carbocycles. The van der Waals surface area contributed by atoms with Crippen LogP contribution in [0.25, 0.3) is 0 Å². The SMILES string of the molecule is CC1CCCCC1N(C)Cc1ccc2c(c1)CNCC2. The molecule has 2 heteroatoms. The molecule has 1 aliphatic carbocycles. The fourth-order valence-electron chi connectivity index (χ4n) is 3.99. The summed E-state index contributed by atoms with van der Waals surface area (Å²) in [5, 5.41) is 3.48. The Kier molecular flexibility index (Phi) is 4.42. The van der Waals surface area contributed by atoms with E-state index in [0.29, 0.717) is 0 Å². The van der Waals surface area contributed by atoms with E-state index in [1.54, 1.807) is 5.56 Å². The summed E-state index contributed by atoms with van der Waals surface area (Å²) in [6, 6.07) is 7.89. The zero-order valence-corrected chi connectivity index (χ0v) is 13.0. The van der Waals surface area contributed by atoms with Crippen LogP contribution in [0.3, 0.4) is 0 Å². The summed E-state index contributed by atoms with van der Waals surface area (Å²) in [4.78, 5) is 2.59. The van der Waals surface area contributed by atoms with Crippen LogP contribution in [0.4, 0.5) is 0 Å². The van der Waals surface area contributed by atoms with Gasteiger partial charge in [-0.2, -0.15) is 0 Å². The van der Waals surface area contributed by atoms with E-state index in [-0.39, 0.29) is 0 Å².